The standard InChI is InChI=1S/C15H19NO4S/c1-9(2)20-12-6-4-11(5-7-12)14(17)16-10(3)21-8-13(16)15(18)19/h4-7,9-10,13H,8H2,1-3H3,(H,18,19). The second-order valence-electron chi connectivity index (χ2n) is 5.19. The Morgan fingerprint density at radius 1 is 1.33 bits per heavy atom. The molecule has 1 aliphatic rings. The minimum Gasteiger partial charge on any atom is -0.491 e. The summed E-state index contributed by atoms with van der Waals surface area (Å²) < 4.78 is 5.53. The highest BCUT2D eigenvalue weighted by Crippen LogP contribution is 2.30. The van der Waals surface area contributed by atoms with E-state index in [0.29, 0.717) is 17.1 Å². The first-order chi connectivity index (χ1) is 9.90. The van der Waals surface area contributed by atoms with Crippen molar-refractivity contribution in [2.45, 2.75) is 38.3 Å². The lowest BCUT2D eigenvalue weighted by Crippen LogP contribution is -2.44. The molecule has 0 bridgehead atoms. The highest BCUT2D eigenvalue weighted by atomic mass is 32.2. The lowest BCUT2D eigenvalue weighted by molar-refractivity contribution is -0.141. The third-order valence-corrected chi connectivity index (χ3v) is 4.43. The molecule has 1 N–H and O–H groups in total. The van der Waals surface area contributed by atoms with Gasteiger partial charge in [0, 0.05) is 11.3 Å². The molecule has 0 spiro atoms. The largest absolute Gasteiger partial charge is 0.491 e. The van der Waals surface area contributed by atoms with Gasteiger partial charge in [0.25, 0.3) is 5.91 Å². The summed E-state index contributed by atoms with van der Waals surface area (Å²) >= 11 is 1.48. The minimum absolute atomic E-state index is 0.0675. The number of aliphatic carboxylic acids is 1. The third-order valence-electron chi connectivity index (χ3n) is 3.22. The van der Waals surface area contributed by atoms with E-state index in [0.717, 1.165) is 0 Å². The summed E-state index contributed by atoms with van der Waals surface area (Å²) in [6.45, 7) is 5.71. The number of rotatable bonds is 4. The smallest absolute Gasteiger partial charge is 0.327 e. The number of carboxylic acid groups (broad SMARTS) is 1. The number of nitrogens with zero attached hydrogens (tertiary/aromatic N) is 1. The van der Waals surface area contributed by atoms with Crippen LogP contribution in [0.5, 0.6) is 5.75 Å². The van der Waals surface area contributed by atoms with Gasteiger partial charge in [-0.25, -0.2) is 4.79 Å². The van der Waals surface area contributed by atoms with Crippen molar-refractivity contribution in [3.05, 3.63) is 29.8 Å². The van der Waals surface area contributed by atoms with Gasteiger partial charge in [0.15, 0.2) is 0 Å². The summed E-state index contributed by atoms with van der Waals surface area (Å²) in [6, 6.07) is 6.06. The fourth-order valence-electron chi connectivity index (χ4n) is 2.24. The molecule has 0 radical (unpaired) electrons. The first-order valence-electron chi connectivity index (χ1n) is 6.84. The molecule has 0 aliphatic carbocycles. The molecule has 2 unspecified atom stereocenters. The quantitative estimate of drug-likeness (QED) is 0.925. The average molecular weight is 309 g/mol. The topological polar surface area (TPSA) is 66.8 Å². The van der Waals surface area contributed by atoms with Gasteiger partial charge >= 0.3 is 5.97 Å². The molecule has 0 saturated carbocycles. The Bertz CT molecular complexity index is 529. The second-order valence-corrected chi connectivity index (χ2v) is 6.54. The predicted molar refractivity (Wildman–Crippen MR) is 81.7 cm³/mol. The van der Waals surface area contributed by atoms with E-state index in [1.807, 2.05) is 20.8 Å². The van der Waals surface area contributed by atoms with Crippen LogP contribution in [0.2, 0.25) is 0 Å². The van der Waals surface area contributed by atoms with E-state index in [1.165, 1.54) is 16.7 Å². The fraction of sp³-hybridized carbons (Fsp3) is 0.467. The minimum atomic E-state index is -0.958. The maximum Gasteiger partial charge on any atom is 0.327 e. The zero-order valence-electron chi connectivity index (χ0n) is 12.3. The van der Waals surface area contributed by atoms with E-state index in [1.54, 1.807) is 24.3 Å². The summed E-state index contributed by atoms with van der Waals surface area (Å²) in [5, 5.41) is 9.08. The number of hydrogen-bond acceptors (Lipinski definition) is 4. The highest BCUT2D eigenvalue weighted by molar-refractivity contribution is 8.00. The van der Waals surface area contributed by atoms with E-state index in [9.17, 15) is 14.7 Å². The Morgan fingerprint density at radius 3 is 2.48 bits per heavy atom. The van der Waals surface area contributed by atoms with Gasteiger partial charge in [0.1, 0.15) is 11.8 Å². The van der Waals surface area contributed by atoms with Crippen molar-refractivity contribution in [2.75, 3.05) is 5.75 Å². The SMILES string of the molecule is CC(C)Oc1ccc(C(=O)N2C(C)SCC2C(=O)O)cc1. The van der Waals surface area contributed by atoms with Crippen LogP contribution in [0.4, 0.5) is 0 Å². The molecular weight excluding hydrogens is 290 g/mol. The predicted octanol–water partition coefficient (Wildman–Crippen LogP) is 2.46. The van der Waals surface area contributed by atoms with Crippen molar-refractivity contribution in [3.63, 3.8) is 0 Å². The maximum absolute atomic E-state index is 12.5. The molecule has 1 fully saturated rings. The van der Waals surface area contributed by atoms with E-state index >= 15 is 0 Å². The van der Waals surface area contributed by atoms with Crippen LogP contribution in [0, 0.1) is 0 Å². The van der Waals surface area contributed by atoms with Gasteiger partial charge in [-0.2, -0.15) is 0 Å². The molecule has 1 heterocycles. The maximum atomic E-state index is 12.5. The van der Waals surface area contributed by atoms with Crippen molar-refractivity contribution < 1.29 is 19.4 Å². The molecule has 0 aromatic heterocycles. The van der Waals surface area contributed by atoms with Crippen molar-refractivity contribution >= 4 is 23.6 Å². The number of ether oxygens (including phenoxy) is 1. The van der Waals surface area contributed by atoms with Crippen LogP contribution in [0.3, 0.4) is 0 Å². The monoisotopic (exact) mass is 309 g/mol. The second kappa shape index (κ2) is 6.39. The van der Waals surface area contributed by atoms with E-state index < -0.39 is 12.0 Å². The van der Waals surface area contributed by atoms with Crippen molar-refractivity contribution in [1.82, 2.24) is 4.90 Å². The van der Waals surface area contributed by atoms with Crippen LogP contribution in [0.15, 0.2) is 24.3 Å². The zero-order valence-corrected chi connectivity index (χ0v) is 13.1. The molecule has 114 valence electrons. The van der Waals surface area contributed by atoms with Gasteiger partial charge in [0.05, 0.1) is 11.5 Å². The molecule has 6 heteroatoms. The average Bonchev–Trinajstić information content (AvgIpc) is 2.80. The molecular formula is C15H19NO4S. The Morgan fingerprint density at radius 2 is 1.95 bits per heavy atom. The van der Waals surface area contributed by atoms with E-state index in [4.69, 9.17) is 4.74 Å². The van der Waals surface area contributed by atoms with Crippen molar-refractivity contribution in [3.8, 4) is 5.75 Å². The number of hydrogen-bond donors (Lipinski definition) is 1. The van der Waals surface area contributed by atoms with Gasteiger partial charge in [-0.1, -0.05) is 0 Å². The van der Waals surface area contributed by atoms with E-state index in [2.05, 4.69) is 0 Å². The lowest BCUT2D eigenvalue weighted by Gasteiger charge is -2.25. The fourth-order valence-corrected chi connectivity index (χ4v) is 3.41. The van der Waals surface area contributed by atoms with E-state index in [-0.39, 0.29) is 17.4 Å². The Kier molecular flexibility index (Phi) is 4.77. The summed E-state index contributed by atoms with van der Waals surface area (Å²) in [5.41, 5.74) is 0.478. The molecule has 2 atom stereocenters. The molecule has 1 aromatic rings. The molecule has 1 aliphatic heterocycles. The number of carbonyl (C=O) groups excluding carboxylic acids is 1. The van der Waals surface area contributed by atoms with Gasteiger partial charge in [-0.3, -0.25) is 4.79 Å². The molecule has 5 nitrogen and oxygen atoms in total. The normalized spacial score (nSPS) is 21.6. The lowest BCUT2D eigenvalue weighted by atomic mass is 10.1. The zero-order chi connectivity index (χ0) is 15.6. The van der Waals surface area contributed by atoms with Crippen molar-refractivity contribution in [2.24, 2.45) is 0 Å². The van der Waals surface area contributed by atoms with Crippen LogP contribution >= 0.6 is 11.8 Å². The molecule has 1 amide bonds. The summed E-state index contributed by atoms with van der Waals surface area (Å²) in [7, 11) is 0. The molecule has 21 heavy (non-hydrogen) atoms. The summed E-state index contributed by atoms with van der Waals surface area (Å²) in [6.07, 6.45) is 0.0675. The number of benzene rings is 1. The number of thioether (sulfide) groups is 1. The van der Waals surface area contributed by atoms with Crippen LogP contribution in [0.1, 0.15) is 31.1 Å². The number of amides is 1. The Labute approximate surface area is 128 Å². The molecule has 1 saturated heterocycles. The van der Waals surface area contributed by atoms with Crippen LogP contribution < -0.4 is 4.74 Å². The van der Waals surface area contributed by atoms with Gasteiger partial charge in [0.2, 0.25) is 0 Å². The molecule has 1 aromatic carbocycles. The van der Waals surface area contributed by atoms with Gasteiger partial charge < -0.3 is 14.7 Å². The van der Waals surface area contributed by atoms with Crippen LogP contribution in [-0.2, 0) is 4.79 Å². The van der Waals surface area contributed by atoms with Crippen LogP contribution in [0.25, 0.3) is 0 Å². The van der Waals surface area contributed by atoms with Crippen molar-refractivity contribution in [1.29, 1.82) is 0 Å². The first-order valence-corrected chi connectivity index (χ1v) is 7.89. The highest BCUT2D eigenvalue weighted by Gasteiger charge is 2.39. The Hall–Kier alpha value is -1.69. The van der Waals surface area contributed by atoms with Gasteiger partial charge in [-0.15, -0.1) is 11.8 Å². The number of carbonyl (C=O) groups is 2. The third kappa shape index (κ3) is 3.50. The van der Waals surface area contributed by atoms with Gasteiger partial charge in [-0.05, 0) is 45.0 Å². The number of carboxylic acids is 1. The van der Waals surface area contributed by atoms with Crippen LogP contribution in [-0.4, -0.2) is 45.2 Å². The first kappa shape index (κ1) is 15.7. The molecule has 2 rings (SSSR count). The Balaban J connectivity index is 2.17. The summed E-state index contributed by atoms with van der Waals surface area (Å²) in [5.74, 6) is -0.0901. The summed E-state index contributed by atoms with van der Waals surface area (Å²) in [4.78, 5) is 25.2.